The fourth-order valence-electron chi connectivity index (χ4n) is 5.88. The number of hydrogen-bond acceptors (Lipinski definition) is 8. The Morgan fingerprint density at radius 1 is 0.978 bits per heavy atom. The van der Waals surface area contributed by atoms with Gasteiger partial charge in [-0.05, 0) is 65.1 Å². The minimum atomic E-state index is -0.993. The molecule has 0 radical (unpaired) electrons. The second kappa shape index (κ2) is 13.7. The number of aliphatic hydroxyl groups excluding tert-OH is 1. The third-order valence-corrected chi connectivity index (χ3v) is 8.58. The van der Waals surface area contributed by atoms with Crippen LogP contribution in [0.15, 0.2) is 72.8 Å². The lowest BCUT2D eigenvalue weighted by Gasteiger charge is -2.23. The normalized spacial score (nSPS) is 17.3. The molecule has 2 aliphatic rings. The highest BCUT2D eigenvalue weighted by atomic mass is 35.5. The molecule has 0 aromatic heterocycles. The van der Waals surface area contributed by atoms with Gasteiger partial charge in [0.1, 0.15) is 44.0 Å². The van der Waals surface area contributed by atoms with Crippen LogP contribution in [0.25, 0.3) is 11.1 Å². The van der Waals surface area contributed by atoms with Gasteiger partial charge < -0.3 is 29.2 Å². The van der Waals surface area contributed by atoms with Crippen LogP contribution in [0.3, 0.4) is 0 Å². The number of likely N-dealkylation sites (tertiary alicyclic amines) is 1. The first-order valence-electron chi connectivity index (χ1n) is 15.0. The predicted molar refractivity (Wildman–Crippen MR) is 171 cm³/mol. The Morgan fingerprint density at radius 3 is 2.57 bits per heavy atom. The number of halogens is 1. The molecule has 1 unspecified atom stereocenters. The Labute approximate surface area is 272 Å². The van der Waals surface area contributed by atoms with E-state index < -0.39 is 18.1 Å². The molecule has 236 valence electrons. The zero-order valence-electron chi connectivity index (χ0n) is 25.2. The molecule has 10 heteroatoms. The highest BCUT2D eigenvalue weighted by Gasteiger charge is 2.36. The number of fused-ring (bicyclic) bond motifs is 1. The Hall–Kier alpha value is -4.75. The number of carboxylic acids is 1. The largest absolute Gasteiger partial charge is 0.488 e. The first kappa shape index (κ1) is 31.2. The first-order chi connectivity index (χ1) is 22.3. The van der Waals surface area contributed by atoms with Crippen molar-refractivity contribution in [2.45, 2.75) is 45.2 Å². The fourth-order valence-corrected chi connectivity index (χ4v) is 6.13. The summed E-state index contributed by atoms with van der Waals surface area (Å²) in [5.74, 6) is 1.34. The number of β-amino-alcohol motifs (C(OH)–C–C–N with tert-alkyl or cyclic N) is 1. The molecular weight excluding hydrogens is 608 g/mol. The first-order valence-corrected chi connectivity index (χ1v) is 15.4. The average Bonchev–Trinajstić information content (AvgIpc) is 3.44. The molecule has 6 rings (SSSR count). The summed E-state index contributed by atoms with van der Waals surface area (Å²) in [6, 6.07) is 23.8. The molecule has 2 aliphatic heterocycles. The van der Waals surface area contributed by atoms with Gasteiger partial charge in [-0.1, -0.05) is 48.0 Å². The second-order valence-electron chi connectivity index (χ2n) is 11.4. The molecule has 0 aliphatic carbocycles. The number of ether oxygens (including phenoxy) is 4. The summed E-state index contributed by atoms with van der Waals surface area (Å²) in [5.41, 5.74) is 6.05. The minimum absolute atomic E-state index is 0.145. The number of rotatable bonds is 10. The van der Waals surface area contributed by atoms with Crippen molar-refractivity contribution in [3.63, 3.8) is 0 Å². The molecule has 2 N–H and O–H groups in total. The molecule has 46 heavy (non-hydrogen) atoms. The molecular formula is C36H33ClN2O7. The monoisotopic (exact) mass is 640 g/mol. The number of aliphatic hydroxyl groups is 1. The standard InChI is InChI=1S/C36H33ClN2O7/c1-22-26(6-3-7-29(22)25-8-9-32-35(14-25)44-11-10-43-32)21-46-34-16-33(45-20-24-5-2-4-23(12-24)17-38)27(13-30(34)37)18-39-19-28(40)15-31(39)36(41)42/h2-9,12-14,16,28,31,40H,10-11,15,18-21H2,1H3,(H,41,42)/t28?,31-/m1/s1. The maximum Gasteiger partial charge on any atom is 0.321 e. The Morgan fingerprint density at radius 2 is 1.76 bits per heavy atom. The van der Waals surface area contributed by atoms with Gasteiger partial charge in [0, 0.05) is 31.1 Å². The maximum atomic E-state index is 11.9. The molecule has 1 saturated heterocycles. The molecule has 0 amide bonds. The van der Waals surface area contributed by atoms with Crippen LogP contribution in [0.5, 0.6) is 23.0 Å². The molecule has 0 saturated carbocycles. The number of aliphatic carboxylic acids is 1. The summed E-state index contributed by atoms with van der Waals surface area (Å²) >= 11 is 6.75. The second-order valence-corrected chi connectivity index (χ2v) is 11.8. The summed E-state index contributed by atoms with van der Waals surface area (Å²) < 4.78 is 24.0. The molecule has 9 nitrogen and oxygen atoms in total. The van der Waals surface area contributed by atoms with Gasteiger partial charge in [-0.15, -0.1) is 0 Å². The van der Waals surface area contributed by atoms with Gasteiger partial charge in [0.15, 0.2) is 11.5 Å². The van der Waals surface area contributed by atoms with Crippen LogP contribution in [0.2, 0.25) is 5.02 Å². The summed E-state index contributed by atoms with van der Waals surface area (Å²) in [6.45, 7) is 3.93. The van der Waals surface area contributed by atoms with Crippen LogP contribution in [-0.4, -0.2) is 53.0 Å². The van der Waals surface area contributed by atoms with Gasteiger partial charge in [0.05, 0.1) is 22.8 Å². The average molecular weight is 641 g/mol. The van der Waals surface area contributed by atoms with Crippen LogP contribution in [0.4, 0.5) is 0 Å². The van der Waals surface area contributed by atoms with Gasteiger partial charge in [-0.3, -0.25) is 9.69 Å². The number of nitrogens with zero attached hydrogens (tertiary/aromatic N) is 2. The number of carbonyl (C=O) groups is 1. The van der Waals surface area contributed by atoms with Crippen LogP contribution in [0, 0.1) is 18.3 Å². The molecule has 0 bridgehead atoms. The van der Waals surface area contributed by atoms with E-state index in [-0.39, 0.29) is 32.7 Å². The molecule has 2 heterocycles. The van der Waals surface area contributed by atoms with E-state index in [1.807, 2.05) is 43.3 Å². The Bertz CT molecular complexity index is 1800. The third kappa shape index (κ3) is 6.90. The van der Waals surface area contributed by atoms with Gasteiger partial charge in [-0.25, -0.2) is 0 Å². The highest BCUT2D eigenvalue weighted by Crippen LogP contribution is 2.38. The molecule has 0 spiro atoms. The summed E-state index contributed by atoms with van der Waals surface area (Å²) in [5, 5.41) is 29.6. The smallest absolute Gasteiger partial charge is 0.321 e. The predicted octanol–water partition coefficient (Wildman–Crippen LogP) is 6.14. The van der Waals surface area contributed by atoms with Crippen molar-refractivity contribution in [2.75, 3.05) is 19.8 Å². The number of nitriles is 1. The molecule has 1 fully saturated rings. The quantitative estimate of drug-likeness (QED) is 0.211. The van der Waals surface area contributed by atoms with Crippen molar-refractivity contribution in [1.82, 2.24) is 4.90 Å². The van der Waals surface area contributed by atoms with Crippen LogP contribution >= 0.6 is 11.6 Å². The van der Waals surface area contributed by atoms with Gasteiger partial charge in [0.2, 0.25) is 0 Å². The summed E-state index contributed by atoms with van der Waals surface area (Å²) in [4.78, 5) is 13.6. The lowest BCUT2D eigenvalue weighted by molar-refractivity contribution is -0.142. The van der Waals surface area contributed by atoms with Crippen molar-refractivity contribution in [3.8, 4) is 40.2 Å². The lowest BCUT2D eigenvalue weighted by atomic mass is 9.96. The van der Waals surface area contributed by atoms with Crippen molar-refractivity contribution < 1.29 is 34.0 Å². The van der Waals surface area contributed by atoms with E-state index in [2.05, 4.69) is 12.1 Å². The summed E-state index contributed by atoms with van der Waals surface area (Å²) in [7, 11) is 0. The van der Waals surface area contributed by atoms with Gasteiger partial charge in [-0.2, -0.15) is 5.26 Å². The lowest BCUT2D eigenvalue weighted by Crippen LogP contribution is -2.35. The van der Waals surface area contributed by atoms with E-state index in [1.54, 1.807) is 35.2 Å². The zero-order valence-corrected chi connectivity index (χ0v) is 26.0. The zero-order chi connectivity index (χ0) is 32.2. The number of benzene rings is 4. The van der Waals surface area contributed by atoms with Gasteiger partial charge in [0.25, 0.3) is 0 Å². The highest BCUT2D eigenvalue weighted by molar-refractivity contribution is 6.32. The summed E-state index contributed by atoms with van der Waals surface area (Å²) in [6.07, 6.45) is -0.593. The van der Waals surface area contributed by atoms with Crippen molar-refractivity contribution >= 4 is 17.6 Å². The molecule has 4 aromatic rings. The number of carboxylic acid groups (broad SMARTS) is 1. The maximum absolute atomic E-state index is 11.9. The Kier molecular flexibility index (Phi) is 9.31. The van der Waals surface area contributed by atoms with Crippen LogP contribution in [0.1, 0.15) is 34.2 Å². The van der Waals surface area contributed by atoms with E-state index >= 15 is 0 Å². The Balaban J connectivity index is 1.25. The molecule has 4 aromatic carbocycles. The van der Waals surface area contributed by atoms with E-state index in [0.717, 1.165) is 39.3 Å². The van der Waals surface area contributed by atoms with E-state index in [0.29, 0.717) is 40.9 Å². The van der Waals surface area contributed by atoms with Crippen molar-refractivity contribution in [1.29, 1.82) is 5.26 Å². The van der Waals surface area contributed by atoms with E-state index in [4.69, 9.17) is 30.5 Å². The topological polar surface area (TPSA) is 121 Å². The number of hydrogen-bond donors (Lipinski definition) is 2. The fraction of sp³-hybridized carbons (Fsp3) is 0.278. The van der Waals surface area contributed by atoms with Crippen LogP contribution in [-0.2, 0) is 24.6 Å². The SMILES string of the molecule is Cc1c(COc2cc(OCc3cccc(C#N)c3)c(CN3CC(O)C[C@@H]3C(=O)O)cc2Cl)cccc1-c1ccc2c(c1)OCCO2. The van der Waals surface area contributed by atoms with E-state index in [9.17, 15) is 20.3 Å². The van der Waals surface area contributed by atoms with Gasteiger partial charge >= 0.3 is 5.97 Å². The third-order valence-electron chi connectivity index (χ3n) is 8.29. The van der Waals surface area contributed by atoms with Crippen LogP contribution < -0.4 is 18.9 Å². The molecule has 2 atom stereocenters. The minimum Gasteiger partial charge on any atom is -0.488 e. The van der Waals surface area contributed by atoms with E-state index in [1.165, 1.54) is 0 Å². The van der Waals surface area contributed by atoms with Crippen molar-refractivity contribution in [2.24, 2.45) is 0 Å². The van der Waals surface area contributed by atoms with Crippen molar-refractivity contribution in [3.05, 3.63) is 106 Å².